The maximum Gasteiger partial charge on any atom is 0.317 e. The first-order chi connectivity index (χ1) is 9.85. The van der Waals surface area contributed by atoms with E-state index in [4.69, 9.17) is 11.5 Å². The third-order valence-corrected chi connectivity index (χ3v) is 3.40. The Morgan fingerprint density at radius 3 is 2.48 bits per heavy atom. The van der Waals surface area contributed by atoms with E-state index >= 15 is 0 Å². The first-order valence-electron chi connectivity index (χ1n) is 5.82. The zero-order chi connectivity index (χ0) is 15.9. The minimum atomic E-state index is -4.09. The summed E-state index contributed by atoms with van der Waals surface area (Å²) >= 11 is 0. The highest BCUT2D eigenvalue weighted by Gasteiger charge is 2.27. The largest absolute Gasteiger partial charge is 0.481 e. The summed E-state index contributed by atoms with van der Waals surface area (Å²) in [5.41, 5.74) is 0.619. The van der Waals surface area contributed by atoms with Crippen LogP contribution in [0.1, 0.15) is 12.0 Å². The Bertz CT molecular complexity index is 686. The molecule has 0 aliphatic carbocycles. The molecule has 1 aromatic rings. The Hall–Kier alpha value is -2.59. The van der Waals surface area contributed by atoms with Crippen LogP contribution in [0.3, 0.4) is 0 Å². The molecule has 1 amide bonds. The van der Waals surface area contributed by atoms with Crippen molar-refractivity contribution in [2.45, 2.75) is 6.42 Å². The van der Waals surface area contributed by atoms with Gasteiger partial charge in [0, 0.05) is 6.42 Å². The highest BCUT2D eigenvalue weighted by molar-refractivity contribution is 7.93. The summed E-state index contributed by atoms with van der Waals surface area (Å²) in [4.78, 5) is 22.4. The van der Waals surface area contributed by atoms with Crippen molar-refractivity contribution < 1.29 is 23.1 Å². The Labute approximate surface area is 122 Å². The van der Waals surface area contributed by atoms with Crippen LogP contribution in [0, 0.1) is 18.3 Å². The Balaban J connectivity index is 2.81. The lowest BCUT2D eigenvalue weighted by atomic mass is 10.1. The summed E-state index contributed by atoms with van der Waals surface area (Å²) in [5.74, 6) is -2.23. The molecule has 110 valence electrons. The zero-order valence-corrected chi connectivity index (χ0v) is 11.7. The third-order valence-electron chi connectivity index (χ3n) is 2.42. The summed E-state index contributed by atoms with van der Waals surface area (Å²) in [7, 11) is -4.09. The lowest BCUT2D eigenvalue weighted by Gasteiger charge is -2.08. The summed E-state index contributed by atoms with van der Waals surface area (Å²) in [5, 5.41) is 9.60. The van der Waals surface area contributed by atoms with Crippen molar-refractivity contribution >= 4 is 28.0 Å². The molecule has 2 N–H and O–H groups in total. The number of hydrogen-bond acceptors (Lipinski definition) is 4. The highest BCUT2D eigenvalue weighted by Crippen LogP contribution is 2.06. The van der Waals surface area contributed by atoms with Gasteiger partial charge in [0.25, 0.3) is 10.0 Å². The quantitative estimate of drug-likeness (QED) is 0.599. The van der Waals surface area contributed by atoms with Gasteiger partial charge in [-0.25, -0.2) is 13.1 Å². The van der Waals surface area contributed by atoms with E-state index < -0.39 is 27.8 Å². The molecular weight excluding hydrogens is 294 g/mol. The van der Waals surface area contributed by atoms with Crippen LogP contribution in [0.2, 0.25) is 0 Å². The van der Waals surface area contributed by atoms with Gasteiger partial charge >= 0.3 is 5.97 Å². The van der Waals surface area contributed by atoms with Crippen molar-refractivity contribution in [2.75, 3.05) is 0 Å². The topological polar surface area (TPSA) is 101 Å². The van der Waals surface area contributed by atoms with Gasteiger partial charge in [-0.3, -0.25) is 9.59 Å². The van der Waals surface area contributed by atoms with Crippen molar-refractivity contribution in [1.82, 2.24) is 4.72 Å². The molecule has 1 unspecified atom stereocenters. The predicted octanol–water partition coefficient (Wildman–Crippen LogP) is 0.827. The molecule has 6 nitrogen and oxygen atoms in total. The number of aliphatic carboxylic acids is 1. The Morgan fingerprint density at radius 2 is 1.95 bits per heavy atom. The minimum absolute atomic E-state index is 0.390. The maximum atomic E-state index is 11.7. The van der Waals surface area contributed by atoms with Gasteiger partial charge in [-0.05, 0) is 11.6 Å². The number of carboxylic acids is 1. The monoisotopic (exact) mass is 307 g/mol. The number of carbonyl (C=O) groups is 2. The SMILES string of the molecule is C#CCC(C(=O)O)C(=O)NS(=O)(=O)/C=C/c1ccccc1. The van der Waals surface area contributed by atoms with Crippen LogP contribution in [0.5, 0.6) is 0 Å². The van der Waals surface area contributed by atoms with Gasteiger partial charge in [-0.15, -0.1) is 12.3 Å². The van der Waals surface area contributed by atoms with Crippen LogP contribution in [-0.2, 0) is 19.6 Å². The van der Waals surface area contributed by atoms with Crippen LogP contribution in [-0.4, -0.2) is 25.4 Å². The molecule has 1 rings (SSSR count). The number of terminal acetylenes is 1. The zero-order valence-electron chi connectivity index (χ0n) is 10.9. The summed E-state index contributed by atoms with van der Waals surface area (Å²) in [6.07, 6.45) is 5.84. The van der Waals surface area contributed by atoms with E-state index in [0.717, 1.165) is 5.41 Å². The number of nitrogens with one attached hydrogen (secondary N) is 1. The van der Waals surface area contributed by atoms with E-state index in [1.807, 2.05) is 5.92 Å². The second-order valence-corrected chi connectivity index (χ2v) is 5.59. The Kier molecular flexibility index (Phi) is 5.69. The summed E-state index contributed by atoms with van der Waals surface area (Å²) < 4.78 is 25.0. The molecular formula is C14H13NO5S. The van der Waals surface area contributed by atoms with Gasteiger partial charge in [0.1, 0.15) is 5.92 Å². The first-order valence-corrected chi connectivity index (χ1v) is 7.36. The minimum Gasteiger partial charge on any atom is -0.481 e. The van der Waals surface area contributed by atoms with Crippen LogP contribution >= 0.6 is 0 Å². The number of carbonyl (C=O) groups excluding carboxylic acids is 1. The fourth-order valence-corrected chi connectivity index (χ4v) is 2.21. The van der Waals surface area contributed by atoms with Crippen molar-refractivity contribution in [1.29, 1.82) is 0 Å². The Morgan fingerprint density at radius 1 is 1.33 bits per heavy atom. The van der Waals surface area contributed by atoms with Crippen molar-refractivity contribution in [3.63, 3.8) is 0 Å². The predicted molar refractivity (Wildman–Crippen MR) is 77.1 cm³/mol. The highest BCUT2D eigenvalue weighted by atomic mass is 32.2. The number of amides is 1. The molecule has 1 atom stereocenters. The normalized spacial score (nSPS) is 12.5. The van der Waals surface area contributed by atoms with Crippen LogP contribution in [0.15, 0.2) is 35.7 Å². The molecule has 0 fully saturated rings. The molecule has 7 heteroatoms. The van der Waals surface area contributed by atoms with Crippen LogP contribution < -0.4 is 4.72 Å². The van der Waals surface area contributed by atoms with E-state index in [-0.39, 0.29) is 6.42 Å². The summed E-state index contributed by atoms with van der Waals surface area (Å²) in [6, 6.07) is 8.56. The standard InChI is InChI=1S/C14H13NO5S/c1-2-6-12(14(17)18)13(16)15-21(19,20)10-9-11-7-4-3-5-8-11/h1,3-5,7-10,12H,6H2,(H,15,16)(H,17,18)/b10-9+. The van der Waals surface area contributed by atoms with Crippen molar-refractivity contribution in [3.05, 3.63) is 41.3 Å². The van der Waals surface area contributed by atoms with E-state index in [0.29, 0.717) is 5.56 Å². The van der Waals surface area contributed by atoms with Gasteiger partial charge in [-0.1, -0.05) is 30.3 Å². The van der Waals surface area contributed by atoms with Gasteiger partial charge in [-0.2, -0.15) is 0 Å². The first kappa shape index (κ1) is 16.5. The second kappa shape index (κ2) is 7.26. The van der Waals surface area contributed by atoms with E-state index in [9.17, 15) is 18.0 Å². The molecule has 0 bridgehead atoms. The molecule has 0 heterocycles. The molecule has 0 saturated heterocycles. The molecule has 21 heavy (non-hydrogen) atoms. The van der Waals surface area contributed by atoms with Gasteiger partial charge < -0.3 is 5.11 Å². The molecule has 0 aromatic heterocycles. The summed E-state index contributed by atoms with van der Waals surface area (Å²) in [6.45, 7) is 0. The van der Waals surface area contributed by atoms with E-state index in [1.54, 1.807) is 35.1 Å². The number of hydrogen-bond donors (Lipinski definition) is 2. The molecule has 1 aromatic carbocycles. The number of rotatable bonds is 6. The average molecular weight is 307 g/mol. The third kappa shape index (κ3) is 5.50. The van der Waals surface area contributed by atoms with Crippen LogP contribution in [0.25, 0.3) is 6.08 Å². The van der Waals surface area contributed by atoms with Gasteiger partial charge in [0.05, 0.1) is 5.41 Å². The lowest BCUT2D eigenvalue weighted by molar-refractivity contribution is -0.146. The molecule has 0 aliphatic heterocycles. The smallest absolute Gasteiger partial charge is 0.317 e. The molecule has 0 radical (unpaired) electrons. The number of sulfonamides is 1. The number of carboxylic acid groups (broad SMARTS) is 1. The van der Waals surface area contributed by atoms with E-state index in [2.05, 4.69) is 0 Å². The molecule has 0 spiro atoms. The lowest BCUT2D eigenvalue weighted by Crippen LogP contribution is -2.38. The van der Waals surface area contributed by atoms with Crippen molar-refractivity contribution in [3.8, 4) is 12.3 Å². The fraction of sp³-hybridized carbons (Fsp3) is 0.143. The van der Waals surface area contributed by atoms with E-state index in [1.165, 1.54) is 6.08 Å². The maximum absolute atomic E-state index is 11.7. The van der Waals surface area contributed by atoms with Crippen molar-refractivity contribution in [2.24, 2.45) is 5.92 Å². The number of benzene rings is 1. The second-order valence-electron chi connectivity index (χ2n) is 4.02. The van der Waals surface area contributed by atoms with Gasteiger partial charge in [0.2, 0.25) is 5.91 Å². The molecule has 0 aliphatic rings. The average Bonchev–Trinajstić information content (AvgIpc) is 2.43. The molecule has 0 saturated carbocycles. The van der Waals surface area contributed by atoms with Crippen LogP contribution in [0.4, 0.5) is 0 Å². The fourth-order valence-electron chi connectivity index (χ4n) is 1.39. The van der Waals surface area contributed by atoms with Gasteiger partial charge in [0.15, 0.2) is 0 Å².